The molecule has 2 N–H and O–H groups in total. The molecule has 2 atom stereocenters. The summed E-state index contributed by atoms with van der Waals surface area (Å²) >= 11 is 11.9. The van der Waals surface area contributed by atoms with Gasteiger partial charge in [-0.05, 0) is 31.0 Å². The van der Waals surface area contributed by atoms with Crippen molar-refractivity contribution < 1.29 is 14.3 Å². The number of halogens is 3. The van der Waals surface area contributed by atoms with Gasteiger partial charge in [0.05, 0.1) is 6.10 Å². The largest absolute Gasteiger partial charge is 0.364 e. The van der Waals surface area contributed by atoms with Gasteiger partial charge in [-0.15, -0.1) is 12.4 Å². The maximum absolute atomic E-state index is 12.6. The van der Waals surface area contributed by atoms with Crippen LogP contribution in [0.15, 0.2) is 18.2 Å². The molecule has 2 aliphatic rings. The third-order valence-electron chi connectivity index (χ3n) is 4.63. The van der Waals surface area contributed by atoms with E-state index in [0.717, 1.165) is 6.42 Å². The van der Waals surface area contributed by atoms with E-state index in [-0.39, 0.29) is 30.3 Å². The molecule has 2 aliphatic heterocycles. The molecular formula is C17H22Cl3N3O3. The van der Waals surface area contributed by atoms with Crippen molar-refractivity contribution in [2.24, 2.45) is 5.73 Å². The van der Waals surface area contributed by atoms with E-state index in [1.807, 2.05) is 0 Å². The summed E-state index contributed by atoms with van der Waals surface area (Å²) in [6, 6.07) is 4.80. The number of ether oxygens (including phenoxy) is 1. The van der Waals surface area contributed by atoms with Crippen LogP contribution in [0.5, 0.6) is 0 Å². The Labute approximate surface area is 168 Å². The number of benzene rings is 1. The van der Waals surface area contributed by atoms with Crippen molar-refractivity contribution in [2.45, 2.75) is 25.0 Å². The normalized spacial score (nSPS) is 22.9. The zero-order valence-corrected chi connectivity index (χ0v) is 16.5. The summed E-state index contributed by atoms with van der Waals surface area (Å²) < 4.78 is 5.67. The SMILES string of the molecule is Cl.NC[C@H]1CC[C@@H](C(=O)N2CCN(C(=O)c3cc(Cl)cc(Cl)c3)CC2)O1. The summed E-state index contributed by atoms with van der Waals surface area (Å²) in [6.45, 7) is 2.37. The van der Waals surface area contributed by atoms with Crippen molar-refractivity contribution in [1.29, 1.82) is 0 Å². The average molecular weight is 423 g/mol. The van der Waals surface area contributed by atoms with E-state index in [2.05, 4.69) is 0 Å². The van der Waals surface area contributed by atoms with Crippen LogP contribution in [-0.4, -0.2) is 66.5 Å². The maximum Gasteiger partial charge on any atom is 0.254 e. The van der Waals surface area contributed by atoms with Crippen LogP contribution in [-0.2, 0) is 9.53 Å². The average Bonchev–Trinajstić information content (AvgIpc) is 3.09. The molecule has 1 aromatic carbocycles. The smallest absolute Gasteiger partial charge is 0.254 e. The number of nitrogens with two attached hydrogens (primary N) is 1. The van der Waals surface area contributed by atoms with Crippen LogP contribution < -0.4 is 5.73 Å². The maximum atomic E-state index is 12.6. The summed E-state index contributed by atoms with van der Waals surface area (Å²) in [7, 11) is 0. The van der Waals surface area contributed by atoms with Crippen molar-refractivity contribution in [3.05, 3.63) is 33.8 Å². The van der Waals surface area contributed by atoms with E-state index in [9.17, 15) is 9.59 Å². The summed E-state index contributed by atoms with van der Waals surface area (Å²) in [6.07, 6.45) is 1.11. The van der Waals surface area contributed by atoms with Gasteiger partial charge in [-0.1, -0.05) is 23.2 Å². The van der Waals surface area contributed by atoms with Crippen molar-refractivity contribution in [1.82, 2.24) is 9.80 Å². The highest BCUT2D eigenvalue weighted by atomic mass is 35.5. The van der Waals surface area contributed by atoms with E-state index in [0.29, 0.717) is 54.8 Å². The molecule has 2 saturated heterocycles. The lowest BCUT2D eigenvalue weighted by molar-refractivity contribution is -0.144. The van der Waals surface area contributed by atoms with Crippen LogP contribution in [0.25, 0.3) is 0 Å². The first-order valence-electron chi connectivity index (χ1n) is 8.37. The lowest BCUT2D eigenvalue weighted by Gasteiger charge is -2.36. The second-order valence-corrected chi connectivity index (χ2v) is 7.21. The quantitative estimate of drug-likeness (QED) is 0.810. The molecule has 0 spiro atoms. The van der Waals surface area contributed by atoms with Crippen molar-refractivity contribution in [3.63, 3.8) is 0 Å². The molecule has 2 amide bonds. The van der Waals surface area contributed by atoms with Crippen molar-refractivity contribution >= 4 is 47.4 Å². The highest BCUT2D eigenvalue weighted by Crippen LogP contribution is 2.23. The van der Waals surface area contributed by atoms with Gasteiger partial charge in [0.2, 0.25) is 0 Å². The van der Waals surface area contributed by atoms with Gasteiger partial charge in [-0.2, -0.15) is 0 Å². The first kappa shape index (κ1) is 21.3. The Morgan fingerprint density at radius 3 is 2.15 bits per heavy atom. The second kappa shape index (κ2) is 9.24. The third kappa shape index (κ3) is 4.81. The van der Waals surface area contributed by atoms with Crippen LogP contribution in [0.2, 0.25) is 10.0 Å². The van der Waals surface area contributed by atoms with Crippen LogP contribution in [0.1, 0.15) is 23.2 Å². The van der Waals surface area contributed by atoms with Crippen molar-refractivity contribution in [3.8, 4) is 0 Å². The lowest BCUT2D eigenvalue weighted by Crippen LogP contribution is -2.53. The fourth-order valence-corrected chi connectivity index (χ4v) is 3.78. The predicted octanol–water partition coefficient (Wildman–Crippen LogP) is 2.21. The number of rotatable bonds is 3. The number of hydrogen-bond donors (Lipinski definition) is 1. The number of carbonyl (C=O) groups is 2. The number of hydrogen-bond acceptors (Lipinski definition) is 4. The Morgan fingerprint density at radius 1 is 1.04 bits per heavy atom. The Hall–Kier alpha value is -1.05. The predicted molar refractivity (Wildman–Crippen MR) is 103 cm³/mol. The molecule has 1 aromatic rings. The molecule has 0 aromatic heterocycles. The Kier molecular flexibility index (Phi) is 7.55. The number of carbonyl (C=O) groups excluding carboxylic acids is 2. The van der Waals surface area contributed by atoms with Crippen molar-refractivity contribution in [2.75, 3.05) is 32.7 Å². The third-order valence-corrected chi connectivity index (χ3v) is 5.07. The van der Waals surface area contributed by atoms with E-state index < -0.39 is 6.10 Å². The molecule has 2 heterocycles. The first-order valence-corrected chi connectivity index (χ1v) is 9.13. The van der Waals surface area contributed by atoms with E-state index in [4.69, 9.17) is 33.7 Å². The molecule has 3 rings (SSSR count). The molecule has 0 bridgehead atoms. The summed E-state index contributed by atoms with van der Waals surface area (Å²) in [5.74, 6) is -0.134. The number of amides is 2. The molecule has 6 nitrogen and oxygen atoms in total. The van der Waals surface area contributed by atoms with Crippen LogP contribution >= 0.6 is 35.6 Å². The van der Waals surface area contributed by atoms with Crippen LogP contribution in [0.3, 0.4) is 0 Å². The molecule has 9 heteroatoms. The van der Waals surface area contributed by atoms with Crippen LogP contribution in [0, 0.1) is 0 Å². The Bertz CT molecular complexity index is 646. The topological polar surface area (TPSA) is 75.9 Å². The lowest BCUT2D eigenvalue weighted by atomic mass is 10.1. The Balaban J connectivity index is 0.00000243. The zero-order chi connectivity index (χ0) is 18.0. The summed E-state index contributed by atoms with van der Waals surface area (Å²) in [5.41, 5.74) is 6.05. The van der Waals surface area contributed by atoms with Gasteiger partial charge in [0, 0.05) is 48.3 Å². The molecule has 0 unspecified atom stereocenters. The molecule has 0 aliphatic carbocycles. The molecule has 144 valence electrons. The highest BCUT2D eigenvalue weighted by molar-refractivity contribution is 6.35. The molecule has 0 radical (unpaired) electrons. The summed E-state index contributed by atoms with van der Waals surface area (Å²) in [5, 5.41) is 0.856. The molecule has 0 saturated carbocycles. The minimum atomic E-state index is -0.400. The minimum absolute atomic E-state index is 0. The first-order chi connectivity index (χ1) is 12.0. The van der Waals surface area contributed by atoms with Gasteiger partial charge in [-0.25, -0.2) is 0 Å². The van der Waals surface area contributed by atoms with Crippen LogP contribution in [0.4, 0.5) is 0 Å². The van der Waals surface area contributed by atoms with Gasteiger partial charge in [0.25, 0.3) is 11.8 Å². The number of piperazine rings is 1. The van der Waals surface area contributed by atoms with E-state index in [1.54, 1.807) is 28.0 Å². The second-order valence-electron chi connectivity index (χ2n) is 6.34. The fourth-order valence-electron chi connectivity index (χ4n) is 3.25. The van der Waals surface area contributed by atoms with Gasteiger partial charge < -0.3 is 20.3 Å². The minimum Gasteiger partial charge on any atom is -0.364 e. The van der Waals surface area contributed by atoms with E-state index >= 15 is 0 Å². The Morgan fingerprint density at radius 2 is 1.62 bits per heavy atom. The van der Waals surface area contributed by atoms with Gasteiger partial charge in [-0.3, -0.25) is 9.59 Å². The number of nitrogens with zero attached hydrogens (tertiary/aromatic N) is 2. The molecular weight excluding hydrogens is 401 g/mol. The highest BCUT2D eigenvalue weighted by Gasteiger charge is 2.34. The standard InChI is InChI=1S/C17H21Cl2N3O3.ClH/c18-12-7-11(8-13(19)9-12)16(23)21-3-5-22(6-4-21)17(24)15-2-1-14(10-20)25-15;/h7-9,14-15H,1-6,10,20H2;1H/t14-,15+;/m1./s1. The zero-order valence-electron chi connectivity index (χ0n) is 14.2. The molecule has 2 fully saturated rings. The summed E-state index contributed by atoms with van der Waals surface area (Å²) in [4.78, 5) is 28.6. The van der Waals surface area contributed by atoms with Gasteiger partial charge in [0.1, 0.15) is 6.10 Å². The van der Waals surface area contributed by atoms with Gasteiger partial charge >= 0.3 is 0 Å². The fraction of sp³-hybridized carbons (Fsp3) is 0.529. The molecule has 26 heavy (non-hydrogen) atoms. The monoisotopic (exact) mass is 421 g/mol. The van der Waals surface area contributed by atoms with E-state index in [1.165, 1.54) is 0 Å². The van der Waals surface area contributed by atoms with Gasteiger partial charge in [0.15, 0.2) is 0 Å².